The molecule has 2 aromatic heterocycles. The van der Waals surface area contributed by atoms with Crippen LogP contribution in [-0.4, -0.2) is 70.0 Å². The first-order chi connectivity index (χ1) is 22.2. The summed E-state index contributed by atoms with van der Waals surface area (Å²) in [6.45, 7) is 21.6. The number of ether oxygens (including phenoxy) is 3. The molecule has 1 amide bonds. The standard InChI is InChI=1S/C37H55N5O4Si/c1-25(2)47(26(3)4,27(5)6)21-18-32-30-22-28(16-17-33(30)42(39-32)34-15-11-12-20-44-34)31-23-38-40(10)35(31)45-29-14-13-19-41(24-29)36(43)46-37(7,8)9/h16-17,22-23,25-27,29,34H,11-15,19-20,24H2,1-10H3/t29-,34?/m1/s1. The second-order valence-electron chi connectivity index (χ2n) is 15.3. The van der Waals surface area contributed by atoms with Gasteiger partial charge in [0.2, 0.25) is 5.88 Å². The summed E-state index contributed by atoms with van der Waals surface area (Å²) in [5.74, 6) is 4.33. The number of amides is 1. The third-order valence-electron chi connectivity index (χ3n) is 9.90. The maximum absolute atomic E-state index is 12.8. The molecule has 3 aromatic rings. The zero-order chi connectivity index (χ0) is 34.1. The lowest BCUT2D eigenvalue weighted by molar-refractivity contribution is -0.0367. The highest BCUT2D eigenvalue weighted by Crippen LogP contribution is 2.41. The van der Waals surface area contributed by atoms with E-state index in [9.17, 15) is 4.79 Å². The fourth-order valence-electron chi connectivity index (χ4n) is 7.59. The first-order valence-corrected chi connectivity index (χ1v) is 19.8. The first kappa shape index (κ1) is 35.0. The normalized spacial score (nSPS) is 19.4. The van der Waals surface area contributed by atoms with Gasteiger partial charge in [0.25, 0.3) is 0 Å². The number of aryl methyl sites for hydroxylation is 1. The van der Waals surface area contributed by atoms with Gasteiger partial charge in [-0.3, -0.25) is 0 Å². The Balaban J connectivity index is 1.52. The van der Waals surface area contributed by atoms with Gasteiger partial charge < -0.3 is 19.1 Å². The van der Waals surface area contributed by atoms with E-state index in [1.54, 1.807) is 9.58 Å². The summed E-state index contributed by atoms with van der Waals surface area (Å²) in [6.07, 6.45) is 6.15. The highest BCUT2D eigenvalue weighted by Gasteiger charge is 2.42. The second-order valence-corrected chi connectivity index (χ2v) is 20.9. The fraction of sp³-hybridized carbons (Fsp3) is 0.649. The molecule has 5 rings (SSSR count). The predicted octanol–water partition coefficient (Wildman–Crippen LogP) is 8.48. The van der Waals surface area contributed by atoms with Crippen molar-refractivity contribution in [2.45, 2.75) is 129 Å². The van der Waals surface area contributed by atoms with E-state index in [2.05, 4.69) is 81.0 Å². The van der Waals surface area contributed by atoms with Gasteiger partial charge in [-0.1, -0.05) is 53.5 Å². The number of likely N-dealkylation sites (tertiary alicyclic amines) is 1. The average Bonchev–Trinajstić information content (AvgIpc) is 3.56. The van der Waals surface area contributed by atoms with Crippen molar-refractivity contribution in [3.8, 4) is 28.5 Å². The summed E-state index contributed by atoms with van der Waals surface area (Å²) in [5.41, 5.74) is 8.68. The summed E-state index contributed by atoms with van der Waals surface area (Å²) in [5, 5.41) is 10.8. The summed E-state index contributed by atoms with van der Waals surface area (Å²) in [6, 6.07) is 6.45. The number of hydrogen-bond donors (Lipinski definition) is 0. The van der Waals surface area contributed by atoms with Crippen molar-refractivity contribution < 1.29 is 19.0 Å². The fourth-order valence-corrected chi connectivity index (χ4v) is 12.8. The molecule has 2 aliphatic heterocycles. The van der Waals surface area contributed by atoms with Crippen LogP contribution in [0, 0.1) is 11.5 Å². The average molecular weight is 662 g/mol. The maximum atomic E-state index is 12.8. The Morgan fingerprint density at radius 2 is 1.77 bits per heavy atom. The van der Waals surface area contributed by atoms with Crippen LogP contribution in [0.2, 0.25) is 16.6 Å². The number of piperidine rings is 1. The summed E-state index contributed by atoms with van der Waals surface area (Å²) in [4.78, 5) is 14.6. The minimum atomic E-state index is -1.98. The molecule has 47 heavy (non-hydrogen) atoms. The van der Waals surface area contributed by atoms with Gasteiger partial charge in [-0.2, -0.15) is 10.2 Å². The highest BCUT2D eigenvalue weighted by molar-refractivity contribution is 6.90. The Labute approximate surface area is 282 Å². The number of benzene rings is 1. The molecule has 0 radical (unpaired) electrons. The second kappa shape index (κ2) is 14.1. The van der Waals surface area contributed by atoms with E-state index in [4.69, 9.17) is 19.3 Å². The molecule has 0 saturated carbocycles. The van der Waals surface area contributed by atoms with Crippen LogP contribution < -0.4 is 4.74 Å². The SMILES string of the molecule is CC(C)[Si](C#Cc1nn(C2CCCCO2)c2ccc(-c3cnn(C)c3O[C@@H]3CCCN(C(=O)OC(C)(C)C)C3)cc12)(C(C)C)C(C)C. The zero-order valence-electron chi connectivity index (χ0n) is 30.2. The van der Waals surface area contributed by atoms with Gasteiger partial charge in [0.1, 0.15) is 25.5 Å². The van der Waals surface area contributed by atoms with Crippen LogP contribution in [0.1, 0.15) is 106 Å². The lowest BCUT2D eigenvalue weighted by Crippen LogP contribution is -2.46. The van der Waals surface area contributed by atoms with Crippen molar-refractivity contribution in [3.63, 3.8) is 0 Å². The first-order valence-electron chi connectivity index (χ1n) is 17.5. The van der Waals surface area contributed by atoms with Crippen LogP contribution in [0.15, 0.2) is 24.4 Å². The van der Waals surface area contributed by atoms with Crippen molar-refractivity contribution in [1.29, 1.82) is 0 Å². The number of fused-ring (bicyclic) bond motifs is 1. The number of aromatic nitrogens is 4. The van der Waals surface area contributed by atoms with Crippen LogP contribution in [0.5, 0.6) is 5.88 Å². The van der Waals surface area contributed by atoms with Crippen molar-refractivity contribution in [1.82, 2.24) is 24.5 Å². The quantitative estimate of drug-likeness (QED) is 0.187. The molecular weight excluding hydrogens is 607 g/mol. The van der Waals surface area contributed by atoms with Crippen molar-refractivity contribution in [2.24, 2.45) is 7.05 Å². The molecule has 0 spiro atoms. The van der Waals surface area contributed by atoms with E-state index in [-0.39, 0.29) is 18.4 Å². The monoisotopic (exact) mass is 661 g/mol. The maximum Gasteiger partial charge on any atom is 0.410 e. The Morgan fingerprint density at radius 1 is 1.04 bits per heavy atom. The number of nitrogens with zero attached hydrogens (tertiary/aromatic N) is 5. The van der Waals surface area contributed by atoms with Gasteiger partial charge in [0, 0.05) is 25.6 Å². The number of hydrogen-bond acceptors (Lipinski definition) is 6. The molecule has 2 atom stereocenters. The van der Waals surface area contributed by atoms with E-state index < -0.39 is 13.7 Å². The summed E-state index contributed by atoms with van der Waals surface area (Å²) in [7, 11) is -0.0774. The molecule has 10 heteroatoms. The van der Waals surface area contributed by atoms with Crippen LogP contribution in [0.3, 0.4) is 0 Å². The Bertz CT molecular complexity index is 1590. The Kier molecular flexibility index (Phi) is 10.5. The van der Waals surface area contributed by atoms with Crippen LogP contribution in [0.25, 0.3) is 22.0 Å². The smallest absolute Gasteiger partial charge is 0.410 e. The van der Waals surface area contributed by atoms with Crippen LogP contribution in [0.4, 0.5) is 4.79 Å². The van der Waals surface area contributed by atoms with Crippen molar-refractivity contribution in [3.05, 3.63) is 30.1 Å². The molecule has 4 heterocycles. The predicted molar refractivity (Wildman–Crippen MR) is 190 cm³/mol. The van der Waals surface area contributed by atoms with Gasteiger partial charge >= 0.3 is 6.09 Å². The number of carbonyl (C=O) groups is 1. The summed E-state index contributed by atoms with van der Waals surface area (Å²) < 4.78 is 22.3. The topological polar surface area (TPSA) is 83.6 Å². The van der Waals surface area contributed by atoms with Crippen LogP contribution >= 0.6 is 0 Å². The van der Waals surface area contributed by atoms with Gasteiger partial charge in [-0.05, 0) is 87.2 Å². The minimum Gasteiger partial charge on any atom is -0.472 e. The van der Waals surface area contributed by atoms with E-state index in [0.717, 1.165) is 66.4 Å². The highest BCUT2D eigenvalue weighted by atomic mass is 28.3. The molecule has 2 fully saturated rings. The summed E-state index contributed by atoms with van der Waals surface area (Å²) >= 11 is 0. The van der Waals surface area contributed by atoms with E-state index >= 15 is 0 Å². The molecule has 1 aromatic carbocycles. The zero-order valence-corrected chi connectivity index (χ0v) is 31.2. The van der Waals surface area contributed by atoms with E-state index in [1.807, 2.05) is 34.0 Å². The molecule has 256 valence electrons. The van der Waals surface area contributed by atoms with Gasteiger partial charge in [-0.15, -0.1) is 5.54 Å². The molecule has 0 N–H and O–H groups in total. The lowest BCUT2D eigenvalue weighted by atomic mass is 10.0. The van der Waals surface area contributed by atoms with E-state index in [1.165, 1.54) is 0 Å². The Morgan fingerprint density at radius 3 is 2.40 bits per heavy atom. The third-order valence-corrected chi connectivity index (χ3v) is 16.2. The minimum absolute atomic E-state index is 0.0912. The number of rotatable bonds is 7. The molecular formula is C37H55N5O4Si. The molecule has 0 aliphatic carbocycles. The number of carbonyl (C=O) groups excluding carboxylic acids is 1. The molecule has 1 unspecified atom stereocenters. The Hall–Kier alpha value is -3.29. The van der Waals surface area contributed by atoms with Crippen LogP contribution in [-0.2, 0) is 16.5 Å². The third kappa shape index (κ3) is 7.41. The van der Waals surface area contributed by atoms with Gasteiger partial charge in [-0.25, -0.2) is 14.2 Å². The van der Waals surface area contributed by atoms with Gasteiger partial charge in [0.15, 0.2) is 6.23 Å². The van der Waals surface area contributed by atoms with E-state index in [0.29, 0.717) is 35.6 Å². The van der Waals surface area contributed by atoms with Crippen molar-refractivity contribution in [2.75, 3.05) is 19.7 Å². The molecule has 0 bridgehead atoms. The lowest BCUT2D eigenvalue weighted by Gasteiger charge is -2.38. The van der Waals surface area contributed by atoms with Crippen molar-refractivity contribution >= 4 is 25.1 Å². The largest absolute Gasteiger partial charge is 0.472 e. The molecule has 9 nitrogen and oxygen atoms in total. The molecule has 2 aliphatic rings. The van der Waals surface area contributed by atoms with Gasteiger partial charge in [0.05, 0.1) is 23.8 Å². The molecule has 2 saturated heterocycles.